The molecule has 0 aliphatic heterocycles. The number of hydrogen-bond donors (Lipinski definition) is 0. The lowest BCUT2D eigenvalue weighted by molar-refractivity contribution is -0.134. The summed E-state index contributed by atoms with van der Waals surface area (Å²) in [7, 11) is 0. The van der Waals surface area contributed by atoms with E-state index in [0.717, 1.165) is 51.4 Å². The minimum atomic E-state index is -0.0980. The number of esters is 1. The third-order valence-electron chi connectivity index (χ3n) is 10.3. The molecule has 3 nitrogen and oxygen atoms in total. The summed E-state index contributed by atoms with van der Waals surface area (Å²) in [6, 6.07) is 6.35. The maximum absolute atomic E-state index is 12.6. The number of ether oxygens (including phenoxy) is 1. The average molecular weight is 595 g/mol. The lowest BCUT2D eigenvalue weighted by atomic mass is 9.55. The van der Waals surface area contributed by atoms with Crippen molar-refractivity contribution in [3.05, 3.63) is 41.5 Å². The van der Waals surface area contributed by atoms with Crippen LogP contribution < -0.4 is 4.74 Å². The minimum absolute atomic E-state index is 0.0713. The van der Waals surface area contributed by atoms with E-state index >= 15 is 0 Å². The van der Waals surface area contributed by atoms with Gasteiger partial charge in [-0.05, 0) is 105 Å². The van der Waals surface area contributed by atoms with Crippen molar-refractivity contribution in [1.82, 2.24) is 0 Å². The van der Waals surface area contributed by atoms with Gasteiger partial charge in [0.05, 0.1) is 0 Å². The third kappa shape index (κ3) is 11.2. The van der Waals surface area contributed by atoms with Crippen molar-refractivity contribution in [1.29, 1.82) is 0 Å². The summed E-state index contributed by atoms with van der Waals surface area (Å²) in [5, 5.41) is 0. The van der Waals surface area contributed by atoms with Crippen molar-refractivity contribution in [3.8, 4) is 5.75 Å². The second-order valence-electron chi connectivity index (χ2n) is 13.0. The molecular formula is C40H66O3. The van der Waals surface area contributed by atoms with Gasteiger partial charge in [-0.15, -0.1) is 0 Å². The SMILES string of the molecule is CC.CC.CCCCCCCC/C=C\CCCCCCCC(=O)Oc1ccc2c(c1)CC[C@@H]1C2CC[C@]2(C)C(=O)CCC12. The molecule has 2 fully saturated rings. The van der Waals surface area contributed by atoms with E-state index in [1.165, 1.54) is 81.8 Å². The van der Waals surface area contributed by atoms with Gasteiger partial charge in [-0.2, -0.15) is 0 Å². The predicted molar refractivity (Wildman–Crippen MR) is 184 cm³/mol. The molecule has 4 rings (SSSR count). The number of carbonyl (C=O) groups excluding carboxylic acids is 2. The van der Waals surface area contributed by atoms with Gasteiger partial charge in [-0.25, -0.2) is 0 Å². The van der Waals surface area contributed by atoms with Crippen LogP contribution in [0.5, 0.6) is 5.75 Å². The summed E-state index contributed by atoms with van der Waals surface area (Å²) in [6.07, 6.45) is 27.8. The Balaban J connectivity index is 0.00000155. The predicted octanol–water partition coefficient (Wildman–Crippen LogP) is 12.1. The van der Waals surface area contributed by atoms with E-state index in [2.05, 4.69) is 38.1 Å². The second kappa shape index (κ2) is 20.9. The van der Waals surface area contributed by atoms with E-state index in [4.69, 9.17) is 4.74 Å². The molecule has 0 amide bonds. The molecular weight excluding hydrogens is 528 g/mol. The number of ketones is 1. The molecule has 3 aliphatic rings. The van der Waals surface area contributed by atoms with Crippen molar-refractivity contribution in [2.24, 2.45) is 17.3 Å². The third-order valence-corrected chi connectivity index (χ3v) is 10.3. The van der Waals surface area contributed by atoms with Crippen LogP contribution in [-0.2, 0) is 16.0 Å². The Bertz CT molecular complexity index is 962. The standard InChI is InChI=1S/C36H54O3.2C2H6/c1-3-4-5-6-7-8-9-10-11-12-13-14-15-16-17-18-35(38)39-29-20-22-30-28(27-29)19-21-32-31(30)25-26-36(2)33(32)23-24-34(36)37;2*1-2/h10-11,20,22,27,31-33H,3-9,12-19,21,23-26H2,1-2H3;2*1-2H3/b11-10-;;/t31?,32-,33?,36+;;/m1../s1. The zero-order chi connectivity index (χ0) is 31.5. The highest BCUT2D eigenvalue weighted by molar-refractivity contribution is 5.87. The summed E-state index contributed by atoms with van der Waals surface area (Å²) < 4.78 is 5.74. The van der Waals surface area contributed by atoms with Crippen LogP contribution in [0.25, 0.3) is 0 Å². The fourth-order valence-corrected chi connectivity index (χ4v) is 7.92. The van der Waals surface area contributed by atoms with Gasteiger partial charge in [-0.3, -0.25) is 9.59 Å². The van der Waals surface area contributed by atoms with Crippen LogP contribution in [-0.4, -0.2) is 11.8 Å². The zero-order valence-corrected chi connectivity index (χ0v) is 29.0. The van der Waals surface area contributed by atoms with Crippen LogP contribution in [0.1, 0.15) is 181 Å². The number of hydrogen-bond acceptors (Lipinski definition) is 3. The lowest BCUT2D eigenvalue weighted by Gasteiger charge is -2.48. The van der Waals surface area contributed by atoms with E-state index < -0.39 is 0 Å². The van der Waals surface area contributed by atoms with E-state index in [-0.39, 0.29) is 11.4 Å². The average Bonchev–Trinajstić information content (AvgIpc) is 3.34. The Morgan fingerprint density at radius 2 is 1.47 bits per heavy atom. The molecule has 0 N–H and O–H groups in total. The number of rotatable bonds is 16. The number of aryl methyl sites for hydroxylation is 1. The molecule has 0 heterocycles. The molecule has 0 aromatic heterocycles. The van der Waals surface area contributed by atoms with E-state index in [0.29, 0.717) is 35.7 Å². The summed E-state index contributed by atoms with van der Waals surface area (Å²) in [6.45, 7) is 12.5. The smallest absolute Gasteiger partial charge is 0.311 e. The molecule has 1 aromatic carbocycles. The topological polar surface area (TPSA) is 43.4 Å². The first-order valence-electron chi connectivity index (χ1n) is 18.5. The molecule has 0 radical (unpaired) electrons. The quantitative estimate of drug-likeness (QED) is 0.0827. The number of benzene rings is 1. The number of allylic oxidation sites excluding steroid dienone is 2. The number of carbonyl (C=O) groups is 2. The summed E-state index contributed by atoms with van der Waals surface area (Å²) in [5.74, 6) is 2.88. The molecule has 1 aromatic rings. The minimum Gasteiger partial charge on any atom is -0.427 e. The summed E-state index contributed by atoms with van der Waals surface area (Å²) >= 11 is 0. The first kappa shape index (κ1) is 37.3. The van der Waals surface area contributed by atoms with Crippen molar-refractivity contribution in [2.45, 2.75) is 176 Å². The van der Waals surface area contributed by atoms with Crippen LogP contribution in [0.2, 0.25) is 0 Å². The highest BCUT2D eigenvalue weighted by atomic mass is 16.5. The highest BCUT2D eigenvalue weighted by Crippen LogP contribution is 2.59. The molecule has 0 saturated heterocycles. The number of fused-ring (bicyclic) bond motifs is 5. The van der Waals surface area contributed by atoms with Gasteiger partial charge in [0.1, 0.15) is 11.5 Å². The van der Waals surface area contributed by atoms with Gasteiger partial charge in [0.2, 0.25) is 0 Å². The Kier molecular flexibility index (Phi) is 18.2. The molecule has 0 bridgehead atoms. The highest BCUT2D eigenvalue weighted by Gasteiger charge is 2.54. The van der Waals surface area contributed by atoms with E-state index in [1.807, 2.05) is 33.8 Å². The monoisotopic (exact) mass is 595 g/mol. The van der Waals surface area contributed by atoms with Crippen LogP contribution >= 0.6 is 0 Å². The molecule has 3 aliphatic carbocycles. The van der Waals surface area contributed by atoms with Crippen LogP contribution in [0.15, 0.2) is 30.4 Å². The molecule has 4 atom stereocenters. The van der Waals surface area contributed by atoms with Crippen LogP contribution in [0.4, 0.5) is 0 Å². The first-order valence-corrected chi connectivity index (χ1v) is 18.5. The van der Waals surface area contributed by atoms with Crippen LogP contribution in [0, 0.1) is 17.3 Å². The van der Waals surface area contributed by atoms with Gasteiger partial charge in [0.15, 0.2) is 0 Å². The lowest BCUT2D eigenvalue weighted by Crippen LogP contribution is -2.42. The van der Waals surface area contributed by atoms with Gasteiger partial charge in [0, 0.05) is 18.3 Å². The summed E-state index contributed by atoms with van der Waals surface area (Å²) in [4.78, 5) is 25.0. The molecule has 0 spiro atoms. The second-order valence-corrected chi connectivity index (χ2v) is 13.0. The Morgan fingerprint density at radius 3 is 2.14 bits per heavy atom. The number of Topliss-reactive ketones (excluding diaryl/α,β-unsaturated/α-hetero) is 1. The van der Waals surface area contributed by atoms with E-state index in [9.17, 15) is 9.59 Å². The van der Waals surface area contributed by atoms with Crippen LogP contribution in [0.3, 0.4) is 0 Å². The van der Waals surface area contributed by atoms with E-state index in [1.54, 1.807) is 0 Å². The fraction of sp³-hybridized carbons (Fsp3) is 0.750. The number of unbranched alkanes of at least 4 members (excludes halogenated alkanes) is 11. The zero-order valence-electron chi connectivity index (χ0n) is 29.0. The fourth-order valence-electron chi connectivity index (χ4n) is 7.92. The van der Waals surface area contributed by atoms with Crippen molar-refractivity contribution in [3.63, 3.8) is 0 Å². The molecule has 3 heteroatoms. The molecule has 244 valence electrons. The Morgan fingerprint density at radius 1 is 0.837 bits per heavy atom. The van der Waals surface area contributed by atoms with Crippen molar-refractivity contribution < 1.29 is 14.3 Å². The molecule has 43 heavy (non-hydrogen) atoms. The van der Waals surface area contributed by atoms with Crippen molar-refractivity contribution in [2.75, 3.05) is 0 Å². The maximum atomic E-state index is 12.6. The summed E-state index contributed by atoms with van der Waals surface area (Å²) in [5.41, 5.74) is 2.73. The van der Waals surface area contributed by atoms with Crippen molar-refractivity contribution >= 4 is 11.8 Å². The van der Waals surface area contributed by atoms with Gasteiger partial charge in [-0.1, -0.05) is 111 Å². The Labute approximate surface area is 266 Å². The Hall–Kier alpha value is -1.90. The molecule has 2 unspecified atom stereocenters. The normalized spacial score (nSPS) is 23.8. The van der Waals surface area contributed by atoms with Gasteiger partial charge >= 0.3 is 5.97 Å². The largest absolute Gasteiger partial charge is 0.427 e. The van der Waals surface area contributed by atoms with Gasteiger partial charge in [0.25, 0.3) is 0 Å². The first-order chi connectivity index (χ1) is 21.0. The maximum Gasteiger partial charge on any atom is 0.311 e. The van der Waals surface area contributed by atoms with Gasteiger partial charge < -0.3 is 4.74 Å². The molecule has 2 saturated carbocycles.